The van der Waals surface area contributed by atoms with Crippen molar-refractivity contribution in [3.05, 3.63) is 71.3 Å². The normalized spacial score (nSPS) is 19.4. The van der Waals surface area contributed by atoms with Crippen LogP contribution in [0, 0.1) is 0 Å². The van der Waals surface area contributed by atoms with Crippen LogP contribution in [-0.2, 0) is 17.6 Å². The van der Waals surface area contributed by atoms with Crippen LogP contribution >= 0.6 is 0 Å². The molecule has 1 aliphatic heterocycles. The van der Waals surface area contributed by atoms with Crippen molar-refractivity contribution in [2.75, 3.05) is 6.61 Å². The van der Waals surface area contributed by atoms with Crippen LogP contribution in [0.25, 0.3) is 0 Å². The first kappa shape index (κ1) is 13.3. The Morgan fingerprint density at radius 2 is 1.80 bits per heavy atom. The second-order valence-corrected chi connectivity index (χ2v) is 5.33. The molecule has 0 spiro atoms. The molecule has 104 valence electrons. The average molecular weight is 268 g/mol. The molecule has 0 aliphatic carbocycles. The number of rotatable bonds is 4. The summed E-state index contributed by atoms with van der Waals surface area (Å²) in [6, 6.07) is 18.6. The van der Waals surface area contributed by atoms with E-state index in [4.69, 9.17) is 4.74 Å². The van der Waals surface area contributed by atoms with Crippen molar-refractivity contribution in [3.63, 3.8) is 0 Å². The molecule has 0 radical (unpaired) electrons. The SMILES string of the molecule is OC(CCc1ccccc1)C1OCCc2ccccc21. The number of aryl methyl sites for hydroxylation is 1. The minimum atomic E-state index is -0.448. The van der Waals surface area contributed by atoms with Gasteiger partial charge in [-0.3, -0.25) is 0 Å². The molecule has 1 aliphatic rings. The predicted octanol–water partition coefficient (Wildman–Crippen LogP) is 3.29. The molecule has 20 heavy (non-hydrogen) atoms. The Bertz CT molecular complexity index is 550. The van der Waals surface area contributed by atoms with Gasteiger partial charge >= 0.3 is 0 Å². The summed E-state index contributed by atoms with van der Waals surface area (Å²) in [6.45, 7) is 0.698. The molecule has 2 heteroatoms. The van der Waals surface area contributed by atoms with Crippen LogP contribution in [-0.4, -0.2) is 17.8 Å². The quantitative estimate of drug-likeness (QED) is 0.922. The summed E-state index contributed by atoms with van der Waals surface area (Å²) in [6.07, 6.45) is 1.92. The number of benzene rings is 2. The van der Waals surface area contributed by atoms with Crippen LogP contribution in [0.5, 0.6) is 0 Å². The van der Waals surface area contributed by atoms with Gasteiger partial charge in [0.05, 0.1) is 12.7 Å². The van der Waals surface area contributed by atoms with Gasteiger partial charge in [-0.2, -0.15) is 0 Å². The molecular weight excluding hydrogens is 248 g/mol. The highest BCUT2D eigenvalue weighted by Crippen LogP contribution is 2.31. The Hall–Kier alpha value is -1.64. The van der Waals surface area contributed by atoms with Crippen LogP contribution in [0.4, 0.5) is 0 Å². The number of hydrogen-bond donors (Lipinski definition) is 1. The highest BCUT2D eigenvalue weighted by Gasteiger charge is 2.26. The van der Waals surface area contributed by atoms with Crippen molar-refractivity contribution >= 4 is 0 Å². The van der Waals surface area contributed by atoms with Crippen LogP contribution in [0.3, 0.4) is 0 Å². The molecule has 0 saturated heterocycles. The molecule has 0 fully saturated rings. The van der Waals surface area contributed by atoms with Gasteiger partial charge in [-0.15, -0.1) is 0 Å². The van der Waals surface area contributed by atoms with E-state index < -0.39 is 6.10 Å². The monoisotopic (exact) mass is 268 g/mol. The van der Waals surface area contributed by atoms with Crippen molar-refractivity contribution in [3.8, 4) is 0 Å². The molecule has 0 saturated carbocycles. The first-order chi connectivity index (χ1) is 9.84. The molecule has 3 rings (SSSR count). The highest BCUT2D eigenvalue weighted by atomic mass is 16.5. The molecule has 2 aromatic carbocycles. The number of ether oxygens (including phenoxy) is 1. The van der Waals surface area contributed by atoms with Gasteiger partial charge in [-0.1, -0.05) is 54.6 Å². The fourth-order valence-electron chi connectivity index (χ4n) is 2.85. The van der Waals surface area contributed by atoms with Gasteiger partial charge in [-0.05, 0) is 36.0 Å². The molecule has 0 bridgehead atoms. The van der Waals surface area contributed by atoms with Gasteiger partial charge in [0, 0.05) is 0 Å². The van der Waals surface area contributed by atoms with Crippen LogP contribution in [0.15, 0.2) is 54.6 Å². The molecule has 0 aromatic heterocycles. The average Bonchev–Trinajstić information content (AvgIpc) is 2.53. The Morgan fingerprint density at radius 1 is 1.05 bits per heavy atom. The van der Waals surface area contributed by atoms with Crippen LogP contribution < -0.4 is 0 Å². The second-order valence-electron chi connectivity index (χ2n) is 5.33. The highest BCUT2D eigenvalue weighted by molar-refractivity contribution is 5.31. The van der Waals surface area contributed by atoms with Crippen molar-refractivity contribution in [1.82, 2.24) is 0 Å². The standard InChI is InChI=1S/C18H20O2/c19-17(11-10-14-6-2-1-3-7-14)18-16-9-5-4-8-15(16)12-13-20-18/h1-9,17-19H,10-13H2. The van der Waals surface area contributed by atoms with Gasteiger partial charge in [0.2, 0.25) is 0 Å². The summed E-state index contributed by atoms with van der Waals surface area (Å²) in [5.41, 5.74) is 3.72. The maximum absolute atomic E-state index is 10.5. The maximum atomic E-state index is 10.5. The summed E-state index contributed by atoms with van der Waals surface area (Å²) in [4.78, 5) is 0. The third-order valence-corrected chi connectivity index (χ3v) is 3.95. The second kappa shape index (κ2) is 6.21. The minimum absolute atomic E-state index is 0.177. The van der Waals surface area contributed by atoms with Crippen molar-refractivity contribution < 1.29 is 9.84 Å². The topological polar surface area (TPSA) is 29.5 Å². The maximum Gasteiger partial charge on any atom is 0.109 e. The van der Waals surface area contributed by atoms with Gasteiger partial charge < -0.3 is 9.84 Å². The Labute approximate surface area is 120 Å². The lowest BCUT2D eigenvalue weighted by Crippen LogP contribution is -2.27. The van der Waals surface area contributed by atoms with E-state index in [9.17, 15) is 5.11 Å². The molecule has 2 nitrogen and oxygen atoms in total. The first-order valence-electron chi connectivity index (χ1n) is 7.26. The van der Waals surface area contributed by atoms with E-state index in [-0.39, 0.29) is 6.10 Å². The minimum Gasteiger partial charge on any atom is -0.390 e. The number of aliphatic hydroxyl groups excluding tert-OH is 1. The van der Waals surface area contributed by atoms with Crippen molar-refractivity contribution in [1.29, 1.82) is 0 Å². The van der Waals surface area contributed by atoms with Gasteiger partial charge in [-0.25, -0.2) is 0 Å². The van der Waals surface area contributed by atoms with E-state index in [1.165, 1.54) is 11.1 Å². The Balaban J connectivity index is 1.67. The van der Waals surface area contributed by atoms with Gasteiger partial charge in [0.15, 0.2) is 0 Å². The summed E-state index contributed by atoms with van der Waals surface area (Å²) in [7, 11) is 0. The van der Waals surface area contributed by atoms with E-state index in [2.05, 4.69) is 30.3 Å². The lowest BCUT2D eigenvalue weighted by Gasteiger charge is -2.29. The third-order valence-electron chi connectivity index (χ3n) is 3.95. The third kappa shape index (κ3) is 2.92. The predicted molar refractivity (Wildman–Crippen MR) is 79.6 cm³/mol. The summed E-state index contributed by atoms with van der Waals surface area (Å²) < 4.78 is 5.80. The molecule has 1 N–H and O–H groups in total. The Kier molecular flexibility index (Phi) is 4.14. The number of hydrogen-bond acceptors (Lipinski definition) is 2. The zero-order valence-corrected chi connectivity index (χ0v) is 11.5. The first-order valence-corrected chi connectivity index (χ1v) is 7.26. The molecule has 0 amide bonds. The van der Waals surface area contributed by atoms with E-state index in [1.54, 1.807) is 0 Å². The molecule has 2 atom stereocenters. The molecule has 2 aromatic rings. The summed E-state index contributed by atoms with van der Waals surface area (Å²) >= 11 is 0. The summed E-state index contributed by atoms with van der Waals surface area (Å²) in [5, 5.41) is 10.5. The lowest BCUT2D eigenvalue weighted by molar-refractivity contribution is -0.0493. The summed E-state index contributed by atoms with van der Waals surface area (Å²) in [5.74, 6) is 0. The molecular formula is C18H20O2. The van der Waals surface area contributed by atoms with E-state index in [0.29, 0.717) is 6.61 Å². The van der Waals surface area contributed by atoms with Crippen molar-refractivity contribution in [2.45, 2.75) is 31.5 Å². The van der Waals surface area contributed by atoms with E-state index >= 15 is 0 Å². The van der Waals surface area contributed by atoms with Gasteiger partial charge in [0.25, 0.3) is 0 Å². The fraction of sp³-hybridized carbons (Fsp3) is 0.333. The smallest absolute Gasteiger partial charge is 0.109 e. The largest absolute Gasteiger partial charge is 0.390 e. The lowest BCUT2D eigenvalue weighted by atomic mass is 9.92. The van der Waals surface area contributed by atoms with E-state index in [0.717, 1.165) is 24.8 Å². The number of aliphatic hydroxyl groups is 1. The molecule has 2 unspecified atom stereocenters. The van der Waals surface area contributed by atoms with E-state index in [1.807, 2.05) is 24.3 Å². The number of fused-ring (bicyclic) bond motifs is 1. The molecule has 1 heterocycles. The fourth-order valence-corrected chi connectivity index (χ4v) is 2.85. The zero-order valence-electron chi connectivity index (χ0n) is 11.5. The van der Waals surface area contributed by atoms with Gasteiger partial charge in [0.1, 0.15) is 6.10 Å². The van der Waals surface area contributed by atoms with Crippen molar-refractivity contribution in [2.24, 2.45) is 0 Å². The van der Waals surface area contributed by atoms with Crippen LogP contribution in [0.1, 0.15) is 29.2 Å². The Morgan fingerprint density at radius 3 is 2.65 bits per heavy atom. The zero-order chi connectivity index (χ0) is 13.8. The van der Waals surface area contributed by atoms with Crippen LogP contribution in [0.2, 0.25) is 0 Å².